The summed E-state index contributed by atoms with van der Waals surface area (Å²) in [7, 11) is 0. The number of pyridine rings is 1. The zero-order valence-electron chi connectivity index (χ0n) is 5.10. The predicted molar refractivity (Wildman–Crippen MR) is 32.9 cm³/mol. The van der Waals surface area contributed by atoms with Gasteiger partial charge in [-0.2, -0.15) is 4.39 Å². The smallest absolute Gasteiger partial charge is 0.195 e. The highest BCUT2D eigenvalue weighted by Crippen LogP contribution is 1.91. The lowest BCUT2D eigenvalue weighted by molar-refractivity contribution is 0.275. The number of aliphatic hydroxyl groups excluding tert-OH is 1. The van der Waals surface area contributed by atoms with E-state index in [9.17, 15) is 9.18 Å². The Hall–Kier alpha value is -1.16. The molecule has 0 unspecified atom stereocenters. The van der Waals surface area contributed by atoms with Crippen LogP contribution in [-0.2, 0) is 6.61 Å². The van der Waals surface area contributed by atoms with E-state index < -0.39 is 11.4 Å². The second-order valence-electron chi connectivity index (χ2n) is 1.85. The molecule has 0 aliphatic carbocycles. The molecule has 0 spiro atoms. The molecule has 0 fully saturated rings. The molecule has 0 amide bonds. The molecular weight excluding hydrogens is 137 g/mol. The Labute approximate surface area is 56.1 Å². The molecule has 4 heteroatoms. The molecule has 0 saturated carbocycles. The lowest BCUT2D eigenvalue weighted by Crippen LogP contribution is -2.04. The van der Waals surface area contributed by atoms with Crippen LogP contribution in [0.25, 0.3) is 0 Å². The van der Waals surface area contributed by atoms with Crippen molar-refractivity contribution in [3.8, 4) is 0 Å². The summed E-state index contributed by atoms with van der Waals surface area (Å²) in [5.41, 5.74) is -0.259. The second kappa shape index (κ2) is 2.62. The molecule has 0 atom stereocenters. The van der Waals surface area contributed by atoms with Crippen molar-refractivity contribution in [3.05, 3.63) is 34.0 Å². The van der Waals surface area contributed by atoms with Gasteiger partial charge >= 0.3 is 0 Å². The molecule has 2 N–H and O–H groups in total. The van der Waals surface area contributed by atoms with Crippen molar-refractivity contribution in [2.75, 3.05) is 0 Å². The molecule has 0 bridgehead atoms. The van der Waals surface area contributed by atoms with Gasteiger partial charge in [-0.3, -0.25) is 4.79 Å². The average Bonchev–Trinajstić information content (AvgIpc) is 1.85. The summed E-state index contributed by atoms with van der Waals surface area (Å²) < 4.78 is 12.2. The van der Waals surface area contributed by atoms with Crippen LogP contribution in [0.4, 0.5) is 4.39 Å². The molecule has 0 radical (unpaired) electrons. The Balaban J connectivity index is 3.19. The monoisotopic (exact) mass is 143 g/mol. The fourth-order valence-corrected chi connectivity index (χ4v) is 0.649. The van der Waals surface area contributed by atoms with Gasteiger partial charge in [-0.25, -0.2) is 0 Å². The van der Waals surface area contributed by atoms with E-state index in [4.69, 9.17) is 5.11 Å². The highest BCUT2D eigenvalue weighted by Gasteiger charge is 1.94. The van der Waals surface area contributed by atoms with E-state index in [1.165, 1.54) is 0 Å². The van der Waals surface area contributed by atoms with Crippen LogP contribution < -0.4 is 5.43 Å². The van der Waals surface area contributed by atoms with Crippen molar-refractivity contribution in [2.24, 2.45) is 0 Å². The number of halogens is 1. The third kappa shape index (κ3) is 1.41. The summed E-state index contributed by atoms with van der Waals surface area (Å²) in [5, 5.41) is 8.45. The first kappa shape index (κ1) is 6.95. The number of aliphatic hydroxyl groups is 1. The molecule has 1 rings (SSSR count). The van der Waals surface area contributed by atoms with Crippen molar-refractivity contribution >= 4 is 0 Å². The molecular formula is C6H6FNO2. The fraction of sp³-hybridized carbons (Fsp3) is 0.167. The Morgan fingerprint density at radius 1 is 1.60 bits per heavy atom. The SMILES string of the molecule is O=c1cc(F)[nH]c(CO)c1. The number of hydrogen-bond acceptors (Lipinski definition) is 2. The first-order valence-corrected chi connectivity index (χ1v) is 2.72. The average molecular weight is 143 g/mol. The van der Waals surface area contributed by atoms with Gasteiger partial charge in [0.2, 0.25) is 0 Å². The van der Waals surface area contributed by atoms with E-state index in [2.05, 4.69) is 4.98 Å². The van der Waals surface area contributed by atoms with Gasteiger partial charge in [0.1, 0.15) is 0 Å². The van der Waals surface area contributed by atoms with Crippen LogP contribution in [0.2, 0.25) is 0 Å². The van der Waals surface area contributed by atoms with Gasteiger partial charge in [0.05, 0.1) is 6.61 Å². The number of H-pyrrole nitrogens is 1. The second-order valence-corrected chi connectivity index (χ2v) is 1.85. The minimum atomic E-state index is -0.725. The van der Waals surface area contributed by atoms with Crippen LogP contribution >= 0.6 is 0 Å². The lowest BCUT2D eigenvalue weighted by atomic mass is 10.3. The summed E-state index contributed by atoms with van der Waals surface area (Å²) >= 11 is 0. The molecule has 0 aliphatic rings. The summed E-state index contributed by atoms with van der Waals surface area (Å²) in [6.45, 7) is -0.354. The normalized spacial score (nSPS) is 9.80. The molecule has 10 heavy (non-hydrogen) atoms. The number of aromatic nitrogens is 1. The fourth-order valence-electron chi connectivity index (χ4n) is 0.649. The van der Waals surface area contributed by atoms with Crippen molar-refractivity contribution < 1.29 is 9.50 Å². The van der Waals surface area contributed by atoms with Crippen molar-refractivity contribution in [3.63, 3.8) is 0 Å². The number of rotatable bonds is 1. The number of aromatic amines is 1. The van der Waals surface area contributed by atoms with Crippen LogP contribution in [0.1, 0.15) is 5.69 Å². The Kier molecular flexibility index (Phi) is 1.82. The third-order valence-electron chi connectivity index (χ3n) is 1.04. The number of nitrogens with one attached hydrogen (secondary N) is 1. The molecule has 1 heterocycles. The molecule has 0 saturated heterocycles. The Morgan fingerprint density at radius 2 is 2.30 bits per heavy atom. The Morgan fingerprint density at radius 3 is 2.80 bits per heavy atom. The van der Waals surface area contributed by atoms with Gasteiger partial charge in [-0.15, -0.1) is 0 Å². The molecule has 0 aromatic carbocycles. The predicted octanol–water partition coefficient (Wildman–Crippen LogP) is 0.00630. The third-order valence-corrected chi connectivity index (χ3v) is 1.04. The molecule has 3 nitrogen and oxygen atoms in total. The van der Waals surface area contributed by atoms with E-state index in [1.807, 2.05) is 0 Å². The lowest BCUT2D eigenvalue weighted by Gasteiger charge is -1.93. The van der Waals surface area contributed by atoms with Gasteiger partial charge < -0.3 is 10.1 Å². The van der Waals surface area contributed by atoms with Gasteiger partial charge in [-0.05, 0) is 0 Å². The maximum atomic E-state index is 12.2. The molecule has 1 aromatic heterocycles. The maximum Gasteiger partial charge on any atom is 0.195 e. The summed E-state index contributed by atoms with van der Waals surface area (Å²) in [6.07, 6.45) is 0. The Bertz CT molecular complexity index is 281. The van der Waals surface area contributed by atoms with E-state index in [0.29, 0.717) is 0 Å². The van der Waals surface area contributed by atoms with Crippen LogP contribution in [0.5, 0.6) is 0 Å². The molecule has 54 valence electrons. The van der Waals surface area contributed by atoms with Gasteiger partial charge in [-0.1, -0.05) is 0 Å². The van der Waals surface area contributed by atoms with E-state index >= 15 is 0 Å². The van der Waals surface area contributed by atoms with E-state index in [0.717, 1.165) is 12.1 Å². The largest absolute Gasteiger partial charge is 0.390 e. The summed E-state index contributed by atoms with van der Waals surface area (Å²) in [4.78, 5) is 12.7. The van der Waals surface area contributed by atoms with Gasteiger partial charge in [0, 0.05) is 17.8 Å². The molecule has 1 aromatic rings. The minimum Gasteiger partial charge on any atom is -0.390 e. The van der Waals surface area contributed by atoms with Gasteiger partial charge in [0.15, 0.2) is 11.4 Å². The van der Waals surface area contributed by atoms with E-state index in [-0.39, 0.29) is 12.3 Å². The van der Waals surface area contributed by atoms with Crippen LogP contribution in [0.15, 0.2) is 16.9 Å². The van der Waals surface area contributed by atoms with Crippen LogP contribution in [0.3, 0.4) is 0 Å². The van der Waals surface area contributed by atoms with Crippen molar-refractivity contribution in [1.82, 2.24) is 4.98 Å². The standard InChI is InChI=1S/C6H6FNO2/c7-6-2-5(10)1-4(3-9)8-6/h1-2,9H,3H2,(H,8,10). The first-order valence-electron chi connectivity index (χ1n) is 2.72. The summed E-state index contributed by atoms with van der Waals surface area (Å²) in [5.74, 6) is -0.725. The maximum absolute atomic E-state index is 12.2. The van der Waals surface area contributed by atoms with Gasteiger partial charge in [0.25, 0.3) is 0 Å². The zero-order valence-corrected chi connectivity index (χ0v) is 5.10. The van der Waals surface area contributed by atoms with Crippen LogP contribution in [0, 0.1) is 5.95 Å². The summed E-state index contributed by atoms with van der Waals surface area (Å²) in [6, 6.07) is 1.96. The minimum absolute atomic E-state index is 0.185. The highest BCUT2D eigenvalue weighted by molar-refractivity contribution is 5.03. The molecule has 0 aliphatic heterocycles. The first-order chi connectivity index (χ1) is 4.72. The van der Waals surface area contributed by atoms with Crippen LogP contribution in [-0.4, -0.2) is 10.1 Å². The topological polar surface area (TPSA) is 53.1 Å². The van der Waals surface area contributed by atoms with Crippen molar-refractivity contribution in [2.45, 2.75) is 6.61 Å². The van der Waals surface area contributed by atoms with Crippen molar-refractivity contribution in [1.29, 1.82) is 0 Å². The zero-order chi connectivity index (χ0) is 7.56. The highest BCUT2D eigenvalue weighted by atomic mass is 19.1. The van der Waals surface area contributed by atoms with E-state index in [1.54, 1.807) is 0 Å². The number of hydrogen-bond donors (Lipinski definition) is 2. The quantitative estimate of drug-likeness (QED) is 0.544.